The number of amides is 1. The molecule has 0 aliphatic carbocycles. The lowest BCUT2D eigenvalue weighted by Gasteiger charge is -2.16. The number of nitrogens with zero attached hydrogens (tertiary/aromatic N) is 2. The van der Waals surface area contributed by atoms with Gasteiger partial charge < -0.3 is 9.88 Å². The Morgan fingerprint density at radius 3 is 2.78 bits per heavy atom. The molecule has 0 spiro atoms. The van der Waals surface area contributed by atoms with Gasteiger partial charge in [-0.15, -0.1) is 0 Å². The maximum Gasteiger partial charge on any atom is 0.340 e. The molecule has 96 valence electrons. The summed E-state index contributed by atoms with van der Waals surface area (Å²) in [6, 6.07) is 3.51. The Bertz CT molecular complexity index is 554. The van der Waals surface area contributed by atoms with Gasteiger partial charge in [-0.1, -0.05) is 6.92 Å². The molecule has 0 saturated heterocycles. The second-order valence-electron chi connectivity index (χ2n) is 3.90. The Kier molecular flexibility index (Phi) is 3.61. The smallest absolute Gasteiger partial charge is 0.340 e. The molecule has 1 atom stereocenters. The van der Waals surface area contributed by atoms with Crippen LogP contribution in [0.3, 0.4) is 0 Å². The summed E-state index contributed by atoms with van der Waals surface area (Å²) in [6.45, 7) is 2.15. The van der Waals surface area contributed by atoms with Crippen LogP contribution in [-0.2, 0) is 11.3 Å². The van der Waals surface area contributed by atoms with E-state index in [0.29, 0.717) is 12.2 Å². The van der Waals surface area contributed by atoms with E-state index in [9.17, 15) is 9.59 Å². The molecule has 0 aliphatic heterocycles. The second kappa shape index (κ2) is 5.35. The summed E-state index contributed by atoms with van der Waals surface area (Å²) in [6.07, 6.45) is 4.39. The topological polar surface area (TPSA) is 95.6 Å². The summed E-state index contributed by atoms with van der Waals surface area (Å²) in [7, 11) is 0. The van der Waals surface area contributed by atoms with Crippen LogP contribution < -0.4 is 11.0 Å². The average Bonchev–Trinajstić information content (AvgIpc) is 2.99. The van der Waals surface area contributed by atoms with Gasteiger partial charge in [0.05, 0.1) is 6.54 Å². The maximum absolute atomic E-state index is 12.0. The highest BCUT2D eigenvalue weighted by atomic mass is 16.2. The van der Waals surface area contributed by atoms with Gasteiger partial charge >= 0.3 is 5.69 Å². The molecule has 0 fully saturated rings. The maximum atomic E-state index is 12.0. The van der Waals surface area contributed by atoms with Crippen molar-refractivity contribution in [2.75, 3.05) is 0 Å². The number of aromatic amines is 2. The minimum atomic E-state index is -0.378. The molecular formula is C11H15N5O2. The van der Waals surface area contributed by atoms with Crippen LogP contribution in [0.5, 0.6) is 0 Å². The van der Waals surface area contributed by atoms with Crippen molar-refractivity contribution in [3.8, 4) is 0 Å². The first-order valence-electron chi connectivity index (χ1n) is 5.74. The van der Waals surface area contributed by atoms with E-state index in [0.717, 1.165) is 0 Å². The molecule has 2 aromatic heterocycles. The van der Waals surface area contributed by atoms with Crippen LogP contribution in [-0.4, -0.2) is 25.7 Å². The SMILES string of the molecule is CC[C@H](C(=O)NCc1n[nH]c(=O)[nH]1)n1cccc1. The lowest BCUT2D eigenvalue weighted by Crippen LogP contribution is -2.31. The molecule has 2 rings (SSSR count). The van der Waals surface area contributed by atoms with Crippen molar-refractivity contribution in [1.82, 2.24) is 25.1 Å². The highest BCUT2D eigenvalue weighted by Gasteiger charge is 2.17. The fourth-order valence-corrected chi connectivity index (χ4v) is 1.76. The van der Waals surface area contributed by atoms with Gasteiger partial charge in [-0.05, 0) is 18.6 Å². The molecule has 3 N–H and O–H groups in total. The quantitative estimate of drug-likeness (QED) is 0.704. The van der Waals surface area contributed by atoms with Gasteiger partial charge in [0.15, 0.2) is 0 Å². The van der Waals surface area contributed by atoms with Crippen LogP contribution in [0.25, 0.3) is 0 Å². The molecule has 0 bridgehead atoms. The van der Waals surface area contributed by atoms with E-state index >= 15 is 0 Å². The molecule has 0 unspecified atom stereocenters. The molecule has 18 heavy (non-hydrogen) atoms. The van der Waals surface area contributed by atoms with E-state index in [1.807, 2.05) is 36.0 Å². The lowest BCUT2D eigenvalue weighted by atomic mass is 10.2. The Hall–Kier alpha value is -2.31. The summed E-state index contributed by atoms with van der Waals surface area (Å²) in [5.41, 5.74) is -0.378. The predicted molar refractivity (Wildman–Crippen MR) is 64.8 cm³/mol. The van der Waals surface area contributed by atoms with Crippen LogP contribution in [0.1, 0.15) is 25.2 Å². The van der Waals surface area contributed by atoms with Crippen molar-refractivity contribution < 1.29 is 4.79 Å². The number of carbonyl (C=O) groups is 1. The summed E-state index contributed by atoms with van der Waals surface area (Å²) >= 11 is 0. The zero-order valence-corrected chi connectivity index (χ0v) is 10.0. The second-order valence-corrected chi connectivity index (χ2v) is 3.90. The molecule has 0 aromatic carbocycles. The largest absolute Gasteiger partial charge is 0.347 e. The minimum Gasteiger partial charge on any atom is -0.347 e. The van der Waals surface area contributed by atoms with Crippen LogP contribution in [0.15, 0.2) is 29.3 Å². The van der Waals surface area contributed by atoms with E-state index in [4.69, 9.17) is 0 Å². The van der Waals surface area contributed by atoms with Gasteiger partial charge in [-0.3, -0.25) is 9.78 Å². The number of rotatable bonds is 5. The fourth-order valence-electron chi connectivity index (χ4n) is 1.76. The zero-order valence-electron chi connectivity index (χ0n) is 10.0. The summed E-state index contributed by atoms with van der Waals surface area (Å²) in [5.74, 6) is 0.313. The first-order chi connectivity index (χ1) is 8.70. The first kappa shape index (κ1) is 12.2. The normalized spacial score (nSPS) is 12.3. The third kappa shape index (κ3) is 2.68. The van der Waals surface area contributed by atoms with E-state index in [2.05, 4.69) is 20.5 Å². The van der Waals surface area contributed by atoms with E-state index in [1.54, 1.807) is 0 Å². The molecule has 0 aliphatic rings. The Morgan fingerprint density at radius 2 is 2.22 bits per heavy atom. The minimum absolute atomic E-state index is 0.0995. The van der Waals surface area contributed by atoms with Crippen molar-refractivity contribution >= 4 is 5.91 Å². The fraction of sp³-hybridized carbons (Fsp3) is 0.364. The van der Waals surface area contributed by atoms with Gasteiger partial charge in [0.1, 0.15) is 11.9 Å². The number of nitrogens with one attached hydrogen (secondary N) is 3. The average molecular weight is 249 g/mol. The summed E-state index contributed by atoms with van der Waals surface area (Å²) < 4.78 is 1.85. The Morgan fingerprint density at radius 1 is 1.50 bits per heavy atom. The van der Waals surface area contributed by atoms with Crippen molar-refractivity contribution in [3.05, 3.63) is 40.8 Å². The number of hydrogen-bond donors (Lipinski definition) is 3. The third-order valence-corrected chi connectivity index (χ3v) is 2.66. The van der Waals surface area contributed by atoms with E-state index < -0.39 is 0 Å². The number of hydrogen-bond acceptors (Lipinski definition) is 3. The molecule has 2 heterocycles. The van der Waals surface area contributed by atoms with Crippen molar-refractivity contribution in [2.24, 2.45) is 0 Å². The summed E-state index contributed by atoms with van der Waals surface area (Å²) in [5, 5.41) is 8.71. The van der Waals surface area contributed by atoms with Crippen molar-refractivity contribution in [2.45, 2.75) is 25.9 Å². The van der Waals surface area contributed by atoms with Crippen LogP contribution in [0.4, 0.5) is 0 Å². The van der Waals surface area contributed by atoms with Crippen molar-refractivity contribution in [3.63, 3.8) is 0 Å². The van der Waals surface area contributed by atoms with E-state index in [-0.39, 0.29) is 24.2 Å². The monoisotopic (exact) mass is 249 g/mol. The number of aromatic nitrogens is 4. The molecule has 0 radical (unpaired) electrons. The van der Waals surface area contributed by atoms with Crippen LogP contribution in [0.2, 0.25) is 0 Å². The van der Waals surface area contributed by atoms with Gasteiger partial charge in [-0.25, -0.2) is 9.89 Å². The standard InChI is InChI=1S/C11H15N5O2/c1-2-8(16-5-3-4-6-16)10(17)12-7-9-13-11(18)15-14-9/h3-6,8H,2,7H2,1H3,(H,12,17)(H2,13,14,15,18)/t8-/m1/s1. The van der Waals surface area contributed by atoms with Gasteiger partial charge in [0.25, 0.3) is 0 Å². The van der Waals surface area contributed by atoms with Gasteiger partial charge in [0.2, 0.25) is 5.91 Å². The summed E-state index contributed by atoms with van der Waals surface area (Å²) in [4.78, 5) is 25.3. The molecule has 1 amide bonds. The number of H-pyrrole nitrogens is 2. The predicted octanol–water partition coefficient (Wildman–Crippen LogP) is 0.167. The highest BCUT2D eigenvalue weighted by molar-refractivity contribution is 5.80. The number of carbonyl (C=O) groups excluding carboxylic acids is 1. The zero-order chi connectivity index (χ0) is 13.0. The highest BCUT2D eigenvalue weighted by Crippen LogP contribution is 2.11. The van der Waals surface area contributed by atoms with Crippen LogP contribution in [0, 0.1) is 0 Å². The van der Waals surface area contributed by atoms with Gasteiger partial charge in [0, 0.05) is 12.4 Å². The molecule has 7 heteroatoms. The van der Waals surface area contributed by atoms with Crippen molar-refractivity contribution in [1.29, 1.82) is 0 Å². The molecule has 0 saturated carbocycles. The Labute approximate surface area is 103 Å². The molecule has 7 nitrogen and oxygen atoms in total. The van der Waals surface area contributed by atoms with Gasteiger partial charge in [-0.2, -0.15) is 5.10 Å². The lowest BCUT2D eigenvalue weighted by molar-refractivity contribution is -0.124. The molecule has 2 aromatic rings. The van der Waals surface area contributed by atoms with Crippen LogP contribution >= 0.6 is 0 Å². The van der Waals surface area contributed by atoms with E-state index in [1.165, 1.54) is 0 Å². The molecular weight excluding hydrogens is 234 g/mol. The first-order valence-corrected chi connectivity index (χ1v) is 5.74. The Balaban J connectivity index is 1.96. The third-order valence-electron chi connectivity index (χ3n) is 2.66.